The molecule has 0 saturated heterocycles. The molecule has 1 unspecified atom stereocenters. The molecule has 0 fully saturated rings. The fourth-order valence-corrected chi connectivity index (χ4v) is 5.00. The number of nitrogens with zero attached hydrogens (tertiary/aromatic N) is 3. The van der Waals surface area contributed by atoms with Gasteiger partial charge in [-0.05, 0) is 42.3 Å². The average molecular weight is 630 g/mol. The third kappa shape index (κ3) is 8.29. The van der Waals surface area contributed by atoms with Crippen LogP contribution in [0.2, 0.25) is 15.1 Å². The first kappa shape index (κ1) is 31.1. The molecule has 39 heavy (non-hydrogen) atoms. The maximum atomic E-state index is 13.0. The quantitative estimate of drug-likeness (QED) is 0.327. The monoisotopic (exact) mass is 628 g/mol. The van der Waals surface area contributed by atoms with Gasteiger partial charge in [-0.3, -0.25) is 9.36 Å². The van der Waals surface area contributed by atoms with Crippen molar-refractivity contribution in [3.05, 3.63) is 73.6 Å². The molecule has 3 aromatic rings. The first-order valence-electron chi connectivity index (χ1n) is 11.2. The number of carbonyl (C=O) groups excluding carboxylic acids is 1. The third-order valence-electron chi connectivity index (χ3n) is 5.51. The second kappa shape index (κ2) is 12.4. The number of ketones is 1. The lowest BCUT2D eigenvalue weighted by Crippen LogP contribution is -2.37. The summed E-state index contributed by atoms with van der Waals surface area (Å²) in [6.07, 6.45) is -7.26. The second-order valence-corrected chi connectivity index (χ2v) is 11.6. The van der Waals surface area contributed by atoms with Crippen molar-refractivity contribution in [3.63, 3.8) is 0 Å². The van der Waals surface area contributed by atoms with Crippen LogP contribution in [0.1, 0.15) is 24.4 Å². The summed E-state index contributed by atoms with van der Waals surface area (Å²) in [5.41, 5.74) is -0.500. The van der Waals surface area contributed by atoms with Crippen LogP contribution in [0.4, 0.5) is 13.2 Å². The Labute approximate surface area is 236 Å². The summed E-state index contributed by atoms with van der Waals surface area (Å²) in [6, 6.07) is 9.38. The Kier molecular flexibility index (Phi) is 9.89. The number of aliphatic hydroxyl groups excluding tert-OH is 1. The zero-order chi connectivity index (χ0) is 29.1. The number of hydrogen-bond acceptors (Lipinski definition) is 6. The van der Waals surface area contributed by atoms with E-state index in [1.54, 1.807) is 6.07 Å². The highest BCUT2D eigenvalue weighted by Gasteiger charge is 2.39. The van der Waals surface area contributed by atoms with E-state index in [1.165, 1.54) is 36.4 Å². The zero-order valence-corrected chi connectivity index (χ0v) is 23.2. The first-order valence-corrected chi connectivity index (χ1v) is 14.2. The molecule has 0 bridgehead atoms. The Balaban J connectivity index is 1.87. The maximum absolute atomic E-state index is 13.0. The van der Waals surface area contributed by atoms with Crippen molar-refractivity contribution >= 4 is 50.6 Å². The van der Waals surface area contributed by atoms with Crippen LogP contribution < -0.4 is 10.4 Å². The standard InChI is InChI=1S/C23H22Cl3F3N4O5S/c1-39(37,38)31-18(16-3-2-4-17(25)20(16)26)10-9-15(34)11-33-22(36)32(12-19(35)23(27,28)29)21(30-33)13-5-7-14(24)8-6-13/h2-8,18-19,31,35H,9-12H2,1H3/t18?,19-/m0/s1. The van der Waals surface area contributed by atoms with Gasteiger partial charge in [0.2, 0.25) is 10.0 Å². The van der Waals surface area contributed by atoms with Gasteiger partial charge in [0.1, 0.15) is 6.54 Å². The normalized spacial score (nSPS) is 13.8. The number of sulfonamides is 1. The predicted molar refractivity (Wildman–Crippen MR) is 140 cm³/mol. The van der Waals surface area contributed by atoms with Gasteiger partial charge < -0.3 is 5.11 Å². The van der Waals surface area contributed by atoms with Crippen LogP contribution in [0.15, 0.2) is 47.3 Å². The van der Waals surface area contributed by atoms with Crippen LogP contribution in [0, 0.1) is 0 Å². The fourth-order valence-electron chi connectivity index (χ4n) is 3.67. The molecule has 9 nitrogen and oxygen atoms in total. The minimum Gasteiger partial charge on any atom is -0.382 e. The van der Waals surface area contributed by atoms with E-state index < -0.39 is 52.9 Å². The smallest absolute Gasteiger partial charge is 0.382 e. The van der Waals surface area contributed by atoms with E-state index in [0.717, 1.165) is 6.26 Å². The summed E-state index contributed by atoms with van der Waals surface area (Å²) in [7, 11) is -3.73. The number of aliphatic hydroxyl groups is 1. The van der Waals surface area contributed by atoms with Crippen LogP contribution in [-0.4, -0.2) is 52.2 Å². The molecule has 1 aromatic heterocycles. The molecule has 0 aliphatic rings. The molecule has 0 spiro atoms. The first-order chi connectivity index (χ1) is 18.1. The number of nitrogens with one attached hydrogen (secondary N) is 1. The van der Waals surface area contributed by atoms with Crippen molar-refractivity contribution in [1.29, 1.82) is 0 Å². The Bertz CT molecular complexity index is 1510. The molecular weight excluding hydrogens is 608 g/mol. The molecule has 0 radical (unpaired) electrons. The number of carbonyl (C=O) groups is 1. The molecule has 0 amide bonds. The van der Waals surface area contributed by atoms with Gasteiger partial charge in [0.15, 0.2) is 17.7 Å². The van der Waals surface area contributed by atoms with Crippen molar-refractivity contribution in [1.82, 2.24) is 19.1 Å². The van der Waals surface area contributed by atoms with E-state index in [-0.39, 0.29) is 34.3 Å². The van der Waals surface area contributed by atoms with Crippen molar-refractivity contribution in [2.24, 2.45) is 0 Å². The largest absolute Gasteiger partial charge is 0.416 e. The van der Waals surface area contributed by atoms with Gasteiger partial charge in [-0.1, -0.05) is 46.9 Å². The molecule has 2 atom stereocenters. The molecule has 1 heterocycles. The molecule has 0 aliphatic heterocycles. The summed E-state index contributed by atoms with van der Waals surface area (Å²) in [6.45, 7) is -1.77. The minimum atomic E-state index is -5.00. The summed E-state index contributed by atoms with van der Waals surface area (Å²) in [5, 5.41) is 14.2. The number of aromatic nitrogens is 3. The van der Waals surface area contributed by atoms with Gasteiger partial charge in [-0.15, -0.1) is 5.10 Å². The van der Waals surface area contributed by atoms with E-state index in [1.807, 2.05) is 0 Å². The van der Waals surface area contributed by atoms with Crippen LogP contribution in [0.5, 0.6) is 0 Å². The summed E-state index contributed by atoms with van der Waals surface area (Å²) in [5.74, 6) is -0.783. The zero-order valence-electron chi connectivity index (χ0n) is 20.1. The van der Waals surface area contributed by atoms with E-state index >= 15 is 0 Å². The molecule has 2 N–H and O–H groups in total. The predicted octanol–water partition coefficient (Wildman–Crippen LogP) is 4.24. The molecular formula is C23H22Cl3F3N4O5S. The highest BCUT2D eigenvalue weighted by atomic mass is 35.5. The average Bonchev–Trinajstić information content (AvgIpc) is 3.12. The van der Waals surface area contributed by atoms with E-state index in [2.05, 4.69) is 9.82 Å². The molecule has 2 aromatic carbocycles. The number of alkyl halides is 3. The van der Waals surface area contributed by atoms with Crippen molar-refractivity contribution in [2.75, 3.05) is 6.26 Å². The Morgan fingerprint density at radius 1 is 1.13 bits per heavy atom. The molecule has 3 rings (SSSR count). The lowest BCUT2D eigenvalue weighted by Gasteiger charge is -2.19. The topological polar surface area (TPSA) is 123 Å². The Hall–Kier alpha value is -2.42. The number of benzene rings is 2. The van der Waals surface area contributed by atoms with Crippen molar-refractivity contribution < 1.29 is 31.5 Å². The van der Waals surface area contributed by atoms with Crippen molar-refractivity contribution in [2.45, 2.75) is 44.3 Å². The van der Waals surface area contributed by atoms with Crippen molar-refractivity contribution in [3.8, 4) is 11.4 Å². The lowest BCUT2D eigenvalue weighted by atomic mass is 10.0. The highest BCUT2D eigenvalue weighted by Crippen LogP contribution is 2.32. The molecule has 0 saturated carbocycles. The SMILES string of the molecule is CS(=O)(=O)NC(CCC(=O)Cn1nc(-c2ccc(Cl)cc2)n(C[C@H](O)C(F)(F)F)c1=O)c1cccc(Cl)c1Cl. The van der Waals surface area contributed by atoms with E-state index in [9.17, 15) is 36.3 Å². The molecule has 212 valence electrons. The summed E-state index contributed by atoms with van der Waals surface area (Å²) < 4.78 is 66.6. The molecule has 16 heteroatoms. The number of Topliss-reactive ketones (excluding diaryl/α,β-unsaturated/α-hetero) is 1. The fraction of sp³-hybridized carbons (Fsp3) is 0.348. The van der Waals surface area contributed by atoms with Crippen LogP contribution in [0.25, 0.3) is 11.4 Å². The Morgan fingerprint density at radius 2 is 1.77 bits per heavy atom. The van der Waals surface area contributed by atoms with E-state index in [0.29, 0.717) is 19.8 Å². The third-order valence-corrected chi connectivity index (χ3v) is 7.31. The number of hydrogen-bond donors (Lipinski definition) is 2. The van der Waals surface area contributed by atoms with Gasteiger partial charge in [0.25, 0.3) is 0 Å². The van der Waals surface area contributed by atoms with Gasteiger partial charge in [0.05, 0.1) is 22.8 Å². The molecule has 0 aliphatic carbocycles. The van der Waals surface area contributed by atoms with Crippen LogP contribution in [-0.2, 0) is 27.9 Å². The van der Waals surface area contributed by atoms with E-state index in [4.69, 9.17) is 34.8 Å². The lowest BCUT2D eigenvalue weighted by molar-refractivity contribution is -0.207. The van der Waals surface area contributed by atoms with Gasteiger partial charge >= 0.3 is 11.9 Å². The Morgan fingerprint density at radius 3 is 2.36 bits per heavy atom. The number of rotatable bonds is 11. The van der Waals surface area contributed by atoms with Gasteiger partial charge in [-0.2, -0.15) is 13.2 Å². The van der Waals surface area contributed by atoms with Gasteiger partial charge in [-0.25, -0.2) is 22.6 Å². The maximum Gasteiger partial charge on any atom is 0.416 e. The summed E-state index contributed by atoms with van der Waals surface area (Å²) >= 11 is 18.1. The minimum absolute atomic E-state index is 0.0712. The summed E-state index contributed by atoms with van der Waals surface area (Å²) in [4.78, 5) is 25.7. The second-order valence-electron chi connectivity index (χ2n) is 8.60. The van der Waals surface area contributed by atoms with Crippen LogP contribution >= 0.6 is 34.8 Å². The van der Waals surface area contributed by atoms with Gasteiger partial charge in [0, 0.05) is 23.0 Å². The highest BCUT2D eigenvalue weighted by molar-refractivity contribution is 7.88. The number of halogens is 6. The van der Waals surface area contributed by atoms with Crippen LogP contribution in [0.3, 0.4) is 0 Å².